The van der Waals surface area contributed by atoms with Gasteiger partial charge in [-0.2, -0.15) is 0 Å². The molecule has 0 spiro atoms. The molecule has 0 aromatic heterocycles. The number of benzene rings is 1. The first-order chi connectivity index (χ1) is 13.0. The maximum atomic E-state index is 12.5. The summed E-state index contributed by atoms with van der Waals surface area (Å²) in [6.45, 7) is 11.7. The number of esters is 2. The minimum Gasteiger partial charge on any atom is -0.422 e. The van der Waals surface area contributed by atoms with Gasteiger partial charge in [0.25, 0.3) is 0 Å². The van der Waals surface area contributed by atoms with Crippen LogP contribution < -0.4 is 14.8 Å². The molecule has 1 rings (SSSR count). The van der Waals surface area contributed by atoms with Gasteiger partial charge < -0.3 is 14.8 Å². The number of nitrogens with one attached hydrogen (secondary N) is 1. The van der Waals surface area contributed by atoms with E-state index in [0.29, 0.717) is 11.5 Å². The Morgan fingerprint density at radius 2 is 1.37 bits per heavy atom. The molecule has 0 saturated heterocycles. The van der Waals surface area contributed by atoms with Crippen LogP contribution in [0.4, 0.5) is 0 Å². The van der Waals surface area contributed by atoms with Crippen molar-refractivity contribution >= 4 is 11.9 Å². The number of hydrogen-bond donors (Lipinski definition) is 1. The normalized spacial score (nSPS) is 11.1. The first kappa shape index (κ1) is 23.2. The Morgan fingerprint density at radius 1 is 0.852 bits per heavy atom. The number of rotatable bonds is 12. The summed E-state index contributed by atoms with van der Waals surface area (Å²) in [5, 5.41) is 3.28. The van der Waals surface area contributed by atoms with E-state index in [0.717, 1.165) is 50.8 Å². The Hall–Kier alpha value is -1.88. The van der Waals surface area contributed by atoms with E-state index >= 15 is 0 Å². The molecule has 1 aromatic rings. The van der Waals surface area contributed by atoms with Crippen molar-refractivity contribution in [2.24, 2.45) is 11.8 Å². The molecule has 0 unspecified atom stereocenters. The van der Waals surface area contributed by atoms with Crippen molar-refractivity contribution in [2.75, 3.05) is 13.1 Å². The van der Waals surface area contributed by atoms with E-state index in [9.17, 15) is 9.59 Å². The molecule has 0 amide bonds. The van der Waals surface area contributed by atoms with Gasteiger partial charge in [-0.1, -0.05) is 40.7 Å². The standard InChI is InChI=1S/C22H35NO4/c1-6-17(7-2)21(24)26-19-12-11-16(13-14-23-10-5)15-20(19)27-22(25)18(8-3)9-4/h11-12,15,17-18,23H,6-10,13-14H2,1-5H3. The zero-order valence-corrected chi connectivity index (χ0v) is 17.5. The SMILES string of the molecule is CCNCCc1ccc(OC(=O)C(CC)CC)c(OC(=O)C(CC)CC)c1. The second kappa shape index (κ2) is 12.5. The topological polar surface area (TPSA) is 64.6 Å². The van der Waals surface area contributed by atoms with Gasteiger partial charge in [-0.3, -0.25) is 9.59 Å². The highest BCUT2D eigenvalue weighted by Crippen LogP contribution is 2.31. The van der Waals surface area contributed by atoms with Crippen LogP contribution in [-0.4, -0.2) is 25.0 Å². The van der Waals surface area contributed by atoms with E-state index in [2.05, 4.69) is 12.2 Å². The molecular weight excluding hydrogens is 342 g/mol. The van der Waals surface area contributed by atoms with Crippen molar-refractivity contribution in [3.8, 4) is 11.5 Å². The van der Waals surface area contributed by atoms with Gasteiger partial charge >= 0.3 is 11.9 Å². The molecule has 0 aliphatic heterocycles. The smallest absolute Gasteiger partial charge is 0.314 e. The molecule has 5 nitrogen and oxygen atoms in total. The molecule has 27 heavy (non-hydrogen) atoms. The molecule has 0 aliphatic carbocycles. The van der Waals surface area contributed by atoms with E-state index in [1.165, 1.54) is 0 Å². The largest absolute Gasteiger partial charge is 0.422 e. The first-order valence-electron chi connectivity index (χ1n) is 10.3. The molecule has 0 bridgehead atoms. The van der Waals surface area contributed by atoms with E-state index in [1.54, 1.807) is 6.07 Å². The molecule has 1 N–H and O–H groups in total. The third-order valence-electron chi connectivity index (χ3n) is 4.91. The summed E-state index contributed by atoms with van der Waals surface area (Å²) in [5.41, 5.74) is 1.03. The Morgan fingerprint density at radius 3 is 1.85 bits per heavy atom. The van der Waals surface area contributed by atoms with Crippen LogP contribution in [0.2, 0.25) is 0 Å². The summed E-state index contributed by atoms with van der Waals surface area (Å²) in [4.78, 5) is 24.8. The average molecular weight is 378 g/mol. The van der Waals surface area contributed by atoms with Crippen LogP contribution >= 0.6 is 0 Å². The van der Waals surface area contributed by atoms with Gasteiger partial charge in [0.05, 0.1) is 11.8 Å². The quantitative estimate of drug-likeness (QED) is 0.329. The third-order valence-corrected chi connectivity index (χ3v) is 4.91. The van der Waals surface area contributed by atoms with Crippen molar-refractivity contribution in [1.82, 2.24) is 5.32 Å². The van der Waals surface area contributed by atoms with E-state index < -0.39 is 0 Å². The van der Waals surface area contributed by atoms with Crippen LogP contribution in [0.3, 0.4) is 0 Å². The maximum absolute atomic E-state index is 12.5. The van der Waals surface area contributed by atoms with Gasteiger partial charge in [-0.25, -0.2) is 0 Å². The average Bonchev–Trinajstić information content (AvgIpc) is 2.66. The van der Waals surface area contributed by atoms with E-state index in [4.69, 9.17) is 9.47 Å². The van der Waals surface area contributed by atoms with Gasteiger partial charge in [-0.15, -0.1) is 0 Å². The first-order valence-corrected chi connectivity index (χ1v) is 10.3. The van der Waals surface area contributed by atoms with Crippen LogP contribution in [0, 0.1) is 11.8 Å². The van der Waals surface area contributed by atoms with Crippen molar-refractivity contribution < 1.29 is 19.1 Å². The Labute approximate surface area is 163 Å². The minimum atomic E-state index is -0.278. The number of carbonyl (C=O) groups is 2. The number of ether oxygens (including phenoxy) is 2. The van der Waals surface area contributed by atoms with Crippen molar-refractivity contribution in [3.63, 3.8) is 0 Å². The van der Waals surface area contributed by atoms with Crippen molar-refractivity contribution in [3.05, 3.63) is 23.8 Å². The van der Waals surface area contributed by atoms with Gasteiger partial charge in [0.15, 0.2) is 11.5 Å². The molecule has 152 valence electrons. The monoisotopic (exact) mass is 377 g/mol. The zero-order valence-electron chi connectivity index (χ0n) is 17.5. The Bertz CT molecular complexity index is 592. The summed E-state index contributed by atoms with van der Waals surface area (Å²) < 4.78 is 11.2. The van der Waals surface area contributed by atoms with Crippen molar-refractivity contribution in [2.45, 2.75) is 66.7 Å². The molecular formula is C22H35NO4. The summed E-state index contributed by atoms with van der Waals surface area (Å²) in [5.74, 6) is -0.207. The highest BCUT2D eigenvalue weighted by atomic mass is 16.6. The fourth-order valence-corrected chi connectivity index (χ4v) is 2.91. The van der Waals surface area contributed by atoms with Crippen LogP contribution in [0.25, 0.3) is 0 Å². The van der Waals surface area contributed by atoms with Gasteiger partial charge in [-0.05, 0) is 62.9 Å². The summed E-state index contributed by atoms with van der Waals surface area (Å²) >= 11 is 0. The number of carbonyl (C=O) groups excluding carboxylic acids is 2. The third kappa shape index (κ3) is 7.33. The molecule has 0 aliphatic rings. The van der Waals surface area contributed by atoms with Crippen LogP contribution in [0.5, 0.6) is 11.5 Å². The Balaban J connectivity index is 3.05. The van der Waals surface area contributed by atoms with E-state index in [1.807, 2.05) is 39.8 Å². The maximum Gasteiger partial charge on any atom is 0.314 e. The van der Waals surface area contributed by atoms with Crippen molar-refractivity contribution in [1.29, 1.82) is 0 Å². The number of likely N-dealkylation sites (N-methyl/N-ethyl adjacent to an activating group) is 1. The van der Waals surface area contributed by atoms with Gasteiger partial charge in [0.1, 0.15) is 0 Å². The van der Waals surface area contributed by atoms with Crippen LogP contribution in [0.15, 0.2) is 18.2 Å². The van der Waals surface area contributed by atoms with E-state index in [-0.39, 0.29) is 23.8 Å². The zero-order chi connectivity index (χ0) is 20.2. The fraction of sp³-hybridized carbons (Fsp3) is 0.636. The molecule has 1 aromatic carbocycles. The van der Waals surface area contributed by atoms with Gasteiger partial charge in [0.2, 0.25) is 0 Å². The lowest BCUT2D eigenvalue weighted by Crippen LogP contribution is -2.22. The highest BCUT2D eigenvalue weighted by molar-refractivity contribution is 5.78. The lowest BCUT2D eigenvalue weighted by Gasteiger charge is -2.17. The molecule has 0 heterocycles. The summed E-state index contributed by atoms with van der Waals surface area (Å²) in [6.07, 6.45) is 3.69. The highest BCUT2D eigenvalue weighted by Gasteiger charge is 2.22. The summed E-state index contributed by atoms with van der Waals surface area (Å²) in [6, 6.07) is 5.46. The second-order valence-electron chi connectivity index (χ2n) is 6.75. The predicted octanol–water partition coefficient (Wildman–Crippen LogP) is 4.52. The fourth-order valence-electron chi connectivity index (χ4n) is 2.91. The number of hydrogen-bond acceptors (Lipinski definition) is 5. The van der Waals surface area contributed by atoms with Gasteiger partial charge in [0, 0.05) is 0 Å². The second-order valence-corrected chi connectivity index (χ2v) is 6.75. The molecule has 5 heteroatoms. The van der Waals surface area contributed by atoms with Crippen LogP contribution in [-0.2, 0) is 16.0 Å². The molecule has 0 fully saturated rings. The summed E-state index contributed by atoms with van der Waals surface area (Å²) in [7, 11) is 0. The minimum absolute atomic E-state index is 0.152. The molecule has 0 atom stereocenters. The Kier molecular flexibility index (Phi) is 10.7. The molecule has 0 saturated carbocycles. The predicted molar refractivity (Wildman–Crippen MR) is 108 cm³/mol. The lowest BCUT2D eigenvalue weighted by molar-refractivity contribution is -0.142. The van der Waals surface area contributed by atoms with Crippen LogP contribution in [0.1, 0.15) is 65.9 Å². The lowest BCUT2D eigenvalue weighted by atomic mass is 10.0. The molecule has 0 radical (unpaired) electrons.